The van der Waals surface area contributed by atoms with E-state index in [4.69, 9.17) is 4.74 Å². The van der Waals surface area contributed by atoms with Gasteiger partial charge < -0.3 is 14.6 Å². The summed E-state index contributed by atoms with van der Waals surface area (Å²) in [7, 11) is 2.05. The number of aromatic nitrogens is 3. The lowest BCUT2D eigenvalue weighted by molar-refractivity contribution is 0.239. The molecule has 0 spiro atoms. The molecule has 0 saturated heterocycles. The minimum absolute atomic E-state index is 0.155. The van der Waals surface area contributed by atoms with Gasteiger partial charge in [0, 0.05) is 19.7 Å². The molecule has 0 aliphatic carbocycles. The predicted octanol–water partition coefficient (Wildman–Crippen LogP) is 2.71. The maximum Gasteiger partial charge on any atom is 0.156 e. The quantitative estimate of drug-likeness (QED) is 0.807. The Bertz CT molecular complexity index is 801. The molecule has 1 aromatic carbocycles. The average Bonchev–Trinajstić information content (AvgIpc) is 3.11. The summed E-state index contributed by atoms with van der Waals surface area (Å²) in [5.41, 5.74) is 3.21. The molecule has 0 amide bonds. The second-order valence-electron chi connectivity index (χ2n) is 5.76. The second kappa shape index (κ2) is 5.02. The number of aryl methyl sites for hydroxylation is 1. The van der Waals surface area contributed by atoms with Crippen molar-refractivity contribution in [1.29, 1.82) is 0 Å². The molecule has 1 atom stereocenters. The summed E-state index contributed by atoms with van der Waals surface area (Å²) in [5, 5.41) is 0. The lowest BCUT2D eigenvalue weighted by atomic mass is 10.1. The number of rotatable bonds is 3. The summed E-state index contributed by atoms with van der Waals surface area (Å²) >= 11 is 0. The first-order valence-electron chi connectivity index (χ1n) is 7.48. The largest absolute Gasteiger partial charge is 0.488 e. The van der Waals surface area contributed by atoms with E-state index in [-0.39, 0.29) is 6.10 Å². The monoisotopic (exact) mass is 294 g/mol. The van der Waals surface area contributed by atoms with Crippen LogP contribution in [0.4, 0.5) is 5.82 Å². The van der Waals surface area contributed by atoms with E-state index in [1.165, 1.54) is 5.56 Å². The maximum atomic E-state index is 6.03. The Morgan fingerprint density at radius 1 is 1.27 bits per heavy atom. The molecular formula is C17H18N4O. The zero-order chi connectivity index (χ0) is 15.1. The van der Waals surface area contributed by atoms with Crippen molar-refractivity contribution < 1.29 is 4.74 Å². The van der Waals surface area contributed by atoms with Crippen molar-refractivity contribution in [2.45, 2.75) is 19.4 Å². The first-order chi connectivity index (χ1) is 10.7. The van der Waals surface area contributed by atoms with Crippen LogP contribution in [0.1, 0.15) is 11.4 Å². The van der Waals surface area contributed by atoms with Crippen LogP contribution in [0.2, 0.25) is 0 Å². The normalized spacial score (nSPS) is 16.5. The van der Waals surface area contributed by atoms with Gasteiger partial charge in [0.2, 0.25) is 0 Å². The molecule has 0 fully saturated rings. The number of nitrogens with zero attached hydrogens (tertiary/aromatic N) is 3. The molecule has 2 aromatic heterocycles. The first-order valence-corrected chi connectivity index (χ1v) is 7.48. The van der Waals surface area contributed by atoms with Crippen LogP contribution >= 0.6 is 0 Å². The first kappa shape index (κ1) is 13.1. The van der Waals surface area contributed by atoms with E-state index in [9.17, 15) is 0 Å². The fourth-order valence-electron chi connectivity index (χ4n) is 3.07. The van der Waals surface area contributed by atoms with Crippen LogP contribution in [0.3, 0.4) is 0 Å². The van der Waals surface area contributed by atoms with E-state index in [0.29, 0.717) is 0 Å². The Hall–Kier alpha value is -2.56. The van der Waals surface area contributed by atoms with Crippen LogP contribution in [-0.4, -0.2) is 34.6 Å². The molecule has 0 bridgehead atoms. The standard InChI is InChI=1S/C17H18N4O/c1-11-19-14-7-8-18-16(14)17(20-11)21(2)10-13-9-12-5-3-4-6-15(12)22-13/h3-8,13,18H,9-10H2,1-2H3. The molecule has 3 heterocycles. The van der Waals surface area contributed by atoms with E-state index in [0.717, 1.165) is 41.4 Å². The predicted molar refractivity (Wildman–Crippen MR) is 86.5 cm³/mol. The van der Waals surface area contributed by atoms with E-state index in [1.807, 2.05) is 31.3 Å². The van der Waals surface area contributed by atoms with Crippen LogP contribution in [0.5, 0.6) is 5.75 Å². The van der Waals surface area contributed by atoms with Crippen molar-refractivity contribution in [3.8, 4) is 5.75 Å². The van der Waals surface area contributed by atoms with Gasteiger partial charge in [-0.1, -0.05) is 18.2 Å². The van der Waals surface area contributed by atoms with Gasteiger partial charge in [0.05, 0.1) is 12.1 Å². The molecule has 0 saturated carbocycles. The van der Waals surface area contributed by atoms with E-state index in [2.05, 4.69) is 39.0 Å². The third-order valence-corrected chi connectivity index (χ3v) is 4.05. The highest BCUT2D eigenvalue weighted by Gasteiger charge is 2.24. The van der Waals surface area contributed by atoms with Gasteiger partial charge in [-0.2, -0.15) is 0 Å². The number of aromatic amines is 1. The SMILES string of the molecule is Cc1nc(N(C)CC2Cc3ccccc3O2)c2[nH]ccc2n1. The fourth-order valence-corrected chi connectivity index (χ4v) is 3.07. The minimum Gasteiger partial charge on any atom is -0.488 e. The molecule has 0 radical (unpaired) electrons. The third kappa shape index (κ3) is 2.19. The lowest BCUT2D eigenvalue weighted by Gasteiger charge is -2.22. The van der Waals surface area contributed by atoms with E-state index < -0.39 is 0 Å². The van der Waals surface area contributed by atoms with Crippen LogP contribution in [0.15, 0.2) is 36.5 Å². The van der Waals surface area contributed by atoms with Crippen molar-refractivity contribution in [2.75, 3.05) is 18.5 Å². The number of likely N-dealkylation sites (N-methyl/N-ethyl adjacent to an activating group) is 1. The highest BCUT2D eigenvalue weighted by Crippen LogP contribution is 2.29. The minimum atomic E-state index is 0.155. The number of para-hydroxylation sites is 1. The van der Waals surface area contributed by atoms with Gasteiger partial charge in [-0.05, 0) is 24.6 Å². The Balaban J connectivity index is 1.57. The van der Waals surface area contributed by atoms with Crippen molar-refractivity contribution in [2.24, 2.45) is 0 Å². The van der Waals surface area contributed by atoms with Crippen molar-refractivity contribution in [3.05, 3.63) is 47.9 Å². The highest BCUT2D eigenvalue weighted by atomic mass is 16.5. The Kier molecular flexibility index (Phi) is 2.99. The number of fused-ring (bicyclic) bond motifs is 2. The third-order valence-electron chi connectivity index (χ3n) is 4.05. The van der Waals surface area contributed by atoms with Crippen LogP contribution in [-0.2, 0) is 6.42 Å². The van der Waals surface area contributed by atoms with Crippen molar-refractivity contribution in [3.63, 3.8) is 0 Å². The zero-order valence-corrected chi connectivity index (χ0v) is 12.7. The Morgan fingerprint density at radius 2 is 2.14 bits per heavy atom. The summed E-state index contributed by atoms with van der Waals surface area (Å²) in [6.07, 6.45) is 3.00. The van der Waals surface area contributed by atoms with Gasteiger partial charge in [0.1, 0.15) is 23.2 Å². The van der Waals surface area contributed by atoms with Crippen molar-refractivity contribution in [1.82, 2.24) is 15.0 Å². The molecule has 112 valence electrons. The molecule has 1 N–H and O–H groups in total. The molecule has 1 aliphatic heterocycles. The molecule has 4 rings (SSSR count). The lowest BCUT2D eigenvalue weighted by Crippen LogP contribution is -2.32. The fraction of sp³-hybridized carbons (Fsp3) is 0.294. The molecule has 3 aromatic rings. The average molecular weight is 294 g/mol. The van der Waals surface area contributed by atoms with E-state index >= 15 is 0 Å². The molecular weight excluding hydrogens is 276 g/mol. The molecule has 5 heteroatoms. The van der Waals surface area contributed by atoms with Crippen LogP contribution < -0.4 is 9.64 Å². The Morgan fingerprint density at radius 3 is 3.00 bits per heavy atom. The van der Waals surface area contributed by atoms with Crippen molar-refractivity contribution >= 4 is 16.9 Å². The number of hydrogen-bond donors (Lipinski definition) is 1. The number of hydrogen-bond acceptors (Lipinski definition) is 4. The number of benzene rings is 1. The van der Waals surface area contributed by atoms with Gasteiger partial charge >= 0.3 is 0 Å². The van der Waals surface area contributed by atoms with Gasteiger partial charge in [0.15, 0.2) is 5.82 Å². The summed E-state index contributed by atoms with van der Waals surface area (Å²) in [6, 6.07) is 10.2. The molecule has 5 nitrogen and oxygen atoms in total. The summed E-state index contributed by atoms with van der Waals surface area (Å²) in [6.45, 7) is 2.71. The summed E-state index contributed by atoms with van der Waals surface area (Å²) < 4.78 is 6.03. The van der Waals surface area contributed by atoms with Gasteiger partial charge in [-0.25, -0.2) is 9.97 Å². The van der Waals surface area contributed by atoms with Crippen LogP contribution in [0, 0.1) is 6.92 Å². The molecule has 1 unspecified atom stereocenters. The molecule has 1 aliphatic rings. The summed E-state index contributed by atoms with van der Waals surface area (Å²) in [5.74, 6) is 2.71. The summed E-state index contributed by atoms with van der Waals surface area (Å²) in [4.78, 5) is 14.4. The van der Waals surface area contributed by atoms with Gasteiger partial charge in [-0.15, -0.1) is 0 Å². The number of ether oxygens (including phenoxy) is 1. The number of H-pyrrole nitrogens is 1. The van der Waals surface area contributed by atoms with Gasteiger partial charge in [-0.3, -0.25) is 0 Å². The topological polar surface area (TPSA) is 54.0 Å². The number of anilines is 1. The highest BCUT2D eigenvalue weighted by molar-refractivity contribution is 5.86. The van der Waals surface area contributed by atoms with Crippen LogP contribution in [0.25, 0.3) is 11.0 Å². The maximum absolute atomic E-state index is 6.03. The second-order valence-corrected chi connectivity index (χ2v) is 5.76. The zero-order valence-electron chi connectivity index (χ0n) is 12.7. The van der Waals surface area contributed by atoms with E-state index in [1.54, 1.807) is 0 Å². The number of nitrogens with one attached hydrogen (secondary N) is 1. The Labute approximate surface area is 129 Å². The smallest absolute Gasteiger partial charge is 0.156 e. The van der Waals surface area contributed by atoms with Gasteiger partial charge in [0.25, 0.3) is 0 Å². The molecule has 22 heavy (non-hydrogen) atoms.